The Labute approximate surface area is 121 Å². The van der Waals surface area contributed by atoms with E-state index in [1.807, 2.05) is 12.1 Å². The van der Waals surface area contributed by atoms with E-state index in [1.165, 1.54) is 0 Å². The van der Waals surface area contributed by atoms with Crippen LogP contribution in [0.2, 0.25) is 5.02 Å². The number of halogens is 1. The lowest BCUT2D eigenvalue weighted by atomic mass is 10.1. The summed E-state index contributed by atoms with van der Waals surface area (Å²) in [5, 5.41) is 9.69. The summed E-state index contributed by atoms with van der Waals surface area (Å²) in [6, 6.07) is 7.03. The monoisotopic (exact) mass is 302 g/mol. The molecule has 0 amide bonds. The molecule has 6 heteroatoms. The van der Waals surface area contributed by atoms with E-state index < -0.39 is 11.2 Å². The minimum atomic E-state index is -0.967. The summed E-state index contributed by atoms with van der Waals surface area (Å²) in [5.74, 6) is 0. The van der Waals surface area contributed by atoms with Crippen molar-refractivity contribution in [2.24, 2.45) is 5.73 Å². The van der Waals surface area contributed by atoms with Gasteiger partial charge >= 0.3 is 0 Å². The predicted molar refractivity (Wildman–Crippen MR) is 77.8 cm³/mol. The number of hydrogen-bond acceptors (Lipinski definition) is 4. The molecule has 0 aromatic heterocycles. The second-order valence-corrected chi connectivity index (χ2v) is 7.03. The highest BCUT2D eigenvalue weighted by molar-refractivity contribution is 7.92. The Morgan fingerprint density at radius 3 is 2.63 bits per heavy atom. The third-order valence-corrected chi connectivity index (χ3v) is 5.22. The Morgan fingerprint density at radius 1 is 1.42 bits per heavy atom. The number of likely N-dealkylation sites (tertiary alicyclic amines) is 1. The molecule has 0 aliphatic carbocycles. The summed E-state index contributed by atoms with van der Waals surface area (Å²) in [5.41, 5.74) is 5.65. The van der Waals surface area contributed by atoms with Gasteiger partial charge in [-0.2, -0.15) is 0 Å². The van der Waals surface area contributed by atoms with Gasteiger partial charge in [-0.05, 0) is 41.9 Å². The first kappa shape index (κ1) is 15.1. The van der Waals surface area contributed by atoms with E-state index in [9.17, 15) is 4.55 Å². The molecule has 0 spiro atoms. The van der Waals surface area contributed by atoms with Crippen molar-refractivity contribution in [1.29, 1.82) is 0 Å². The molecule has 0 radical (unpaired) electrons. The zero-order valence-electron chi connectivity index (χ0n) is 10.7. The molecule has 106 valence electrons. The van der Waals surface area contributed by atoms with Crippen LogP contribution in [-0.2, 0) is 11.2 Å². The summed E-state index contributed by atoms with van der Waals surface area (Å²) < 4.78 is 12.3. The first-order valence-corrected chi connectivity index (χ1v) is 7.94. The number of aliphatic hydroxyl groups is 1. The molecule has 0 saturated carbocycles. The lowest BCUT2D eigenvalue weighted by molar-refractivity contribution is 0.167. The third kappa shape index (κ3) is 4.08. The van der Waals surface area contributed by atoms with Crippen LogP contribution >= 0.6 is 11.6 Å². The number of rotatable bonds is 6. The van der Waals surface area contributed by atoms with Crippen molar-refractivity contribution in [3.05, 3.63) is 29.3 Å². The van der Waals surface area contributed by atoms with E-state index in [2.05, 4.69) is 4.90 Å². The molecule has 2 rings (SSSR count). The first-order valence-electron chi connectivity index (χ1n) is 6.35. The lowest BCUT2D eigenvalue weighted by Crippen LogP contribution is -2.55. The summed E-state index contributed by atoms with van der Waals surface area (Å²) >= 11 is 4.84. The topological polar surface area (TPSA) is 72.5 Å². The van der Waals surface area contributed by atoms with Crippen molar-refractivity contribution in [1.82, 2.24) is 4.90 Å². The van der Waals surface area contributed by atoms with Gasteiger partial charge in [-0.1, -0.05) is 11.6 Å². The van der Waals surface area contributed by atoms with Crippen LogP contribution < -0.4 is 5.73 Å². The molecule has 1 heterocycles. The summed E-state index contributed by atoms with van der Waals surface area (Å²) in [6.07, 6.45) is 0.775. The Hall–Kier alpha value is -0.300. The zero-order valence-corrected chi connectivity index (χ0v) is 12.2. The Bertz CT molecular complexity index is 398. The maximum absolute atomic E-state index is 12.3. The molecular weight excluding hydrogens is 284 g/mol. The second-order valence-electron chi connectivity index (χ2n) is 4.86. The molecule has 0 bridgehead atoms. The Balaban J connectivity index is 1.75. The van der Waals surface area contributed by atoms with Crippen molar-refractivity contribution in [2.45, 2.75) is 22.6 Å². The van der Waals surface area contributed by atoms with E-state index in [-0.39, 0.29) is 17.9 Å². The number of benzene rings is 1. The van der Waals surface area contributed by atoms with Crippen LogP contribution in [0.5, 0.6) is 0 Å². The molecule has 1 aliphatic heterocycles. The van der Waals surface area contributed by atoms with E-state index >= 15 is 0 Å². The molecule has 2 unspecified atom stereocenters. The molecule has 1 aromatic carbocycles. The average molecular weight is 303 g/mol. The Morgan fingerprint density at radius 2 is 2.05 bits per heavy atom. The summed E-state index contributed by atoms with van der Waals surface area (Å²) in [4.78, 5) is 3.05. The predicted octanol–water partition coefficient (Wildman–Crippen LogP) is 0.842. The van der Waals surface area contributed by atoms with Gasteiger partial charge in [0, 0.05) is 30.7 Å². The van der Waals surface area contributed by atoms with E-state index in [4.69, 9.17) is 22.4 Å². The molecule has 4 nitrogen and oxygen atoms in total. The largest absolute Gasteiger partial charge is 0.611 e. The lowest BCUT2D eigenvalue weighted by Gasteiger charge is -2.39. The van der Waals surface area contributed by atoms with Crippen LogP contribution in [-0.4, -0.2) is 52.1 Å². The van der Waals surface area contributed by atoms with Crippen LogP contribution in [0, 0.1) is 0 Å². The van der Waals surface area contributed by atoms with Crippen LogP contribution in [0.25, 0.3) is 0 Å². The molecule has 1 saturated heterocycles. The fraction of sp³-hybridized carbons (Fsp3) is 0.538. The van der Waals surface area contributed by atoms with Gasteiger partial charge in [0.05, 0.1) is 6.61 Å². The molecule has 1 aromatic rings. The van der Waals surface area contributed by atoms with Crippen molar-refractivity contribution < 1.29 is 9.66 Å². The van der Waals surface area contributed by atoms with Gasteiger partial charge in [-0.15, -0.1) is 0 Å². The van der Waals surface area contributed by atoms with Gasteiger partial charge in [-0.25, -0.2) is 0 Å². The highest BCUT2D eigenvalue weighted by atomic mass is 35.5. The van der Waals surface area contributed by atoms with Gasteiger partial charge in [-0.3, -0.25) is 4.90 Å². The third-order valence-electron chi connectivity index (χ3n) is 3.32. The highest BCUT2D eigenvalue weighted by Crippen LogP contribution is 2.24. The molecule has 19 heavy (non-hydrogen) atoms. The van der Waals surface area contributed by atoms with Gasteiger partial charge in [0.2, 0.25) is 0 Å². The van der Waals surface area contributed by atoms with Crippen LogP contribution in [0.15, 0.2) is 29.2 Å². The molecular formula is C13H19ClN2O2S. The smallest absolute Gasteiger partial charge is 0.153 e. The zero-order chi connectivity index (χ0) is 13.8. The maximum atomic E-state index is 12.3. The number of hydrogen-bond donors (Lipinski definition) is 2. The Kier molecular flexibility index (Phi) is 5.50. The van der Waals surface area contributed by atoms with E-state index in [1.54, 1.807) is 12.1 Å². The van der Waals surface area contributed by atoms with E-state index in [0.717, 1.165) is 31.0 Å². The standard InChI is InChI=1S/C13H19ClN2O2S/c14-10-1-3-12(4-2-10)19(18)13-7-16(8-13)6-5-11(15)9-17/h1-4,11,13,17H,5-9,15H2. The van der Waals surface area contributed by atoms with E-state index in [0.29, 0.717) is 5.02 Å². The quantitative estimate of drug-likeness (QED) is 0.764. The normalized spacial score (nSPS) is 20.0. The van der Waals surface area contributed by atoms with Gasteiger partial charge in [0.25, 0.3) is 0 Å². The fourth-order valence-corrected chi connectivity index (χ4v) is 3.65. The van der Waals surface area contributed by atoms with Gasteiger partial charge in [0.15, 0.2) is 4.90 Å². The molecule has 1 fully saturated rings. The SMILES string of the molecule is NC(CO)CCN1CC([S+]([O-])c2ccc(Cl)cc2)C1. The minimum absolute atomic E-state index is 0.0218. The average Bonchev–Trinajstić information content (AvgIpc) is 2.37. The molecule has 1 aliphatic rings. The minimum Gasteiger partial charge on any atom is -0.611 e. The van der Waals surface area contributed by atoms with Crippen molar-refractivity contribution in [2.75, 3.05) is 26.2 Å². The van der Waals surface area contributed by atoms with Gasteiger partial charge in [0.1, 0.15) is 5.25 Å². The maximum Gasteiger partial charge on any atom is 0.153 e. The number of nitrogens with two attached hydrogens (primary N) is 1. The van der Waals surface area contributed by atoms with Crippen LogP contribution in [0.4, 0.5) is 0 Å². The van der Waals surface area contributed by atoms with Crippen molar-refractivity contribution in [3.63, 3.8) is 0 Å². The molecule has 2 atom stereocenters. The molecule has 3 N–H and O–H groups in total. The van der Waals surface area contributed by atoms with Crippen LogP contribution in [0.1, 0.15) is 6.42 Å². The van der Waals surface area contributed by atoms with Crippen LogP contribution in [0.3, 0.4) is 0 Å². The summed E-state index contributed by atoms with van der Waals surface area (Å²) in [7, 11) is 0. The fourth-order valence-electron chi connectivity index (χ4n) is 2.04. The number of aliphatic hydroxyl groups excluding tert-OH is 1. The van der Waals surface area contributed by atoms with Crippen molar-refractivity contribution in [3.8, 4) is 0 Å². The summed E-state index contributed by atoms with van der Waals surface area (Å²) in [6.45, 7) is 2.53. The van der Waals surface area contributed by atoms with Gasteiger partial charge < -0.3 is 15.4 Å². The highest BCUT2D eigenvalue weighted by Gasteiger charge is 2.36. The number of nitrogens with zero attached hydrogens (tertiary/aromatic N) is 1. The first-order chi connectivity index (χ1) is 9.10. The second kappa shape index (κ2) is 6.92. The van der Waals surface area contributed by atoms with Crippen molar-refractivity contribution >= 4 is 22.8 Å².